The van der Waals surface area contributed by atoms with E-state index in [1.807, 2.05) is 5.51 Å². The molecule has 0 aromatic carbocycles. The SMILES string of the molecule is CCCCCCCC(CCCCCC)n1ccc2ncsc2c1=S. The molecule has 134 valence electrons. The Morgan fingerprint density at radius 1 is 1.00 bits per heavy atom. The summed E-state index contributed by atoms with van der Waals surface area (Å²) < 4.78 is 4.53. The number of fused-ring (bicyclic) bond motifs is 1. The van der Waals surface area contributed by atoms with Crippen molar-refractivity contribution in [3.8, 4) is 0 Å². The molecule has 0 N–H and O–H groups in total. The molecule has 2 nitrogen and oxygen atoms in total. The second kappa shape index (κ2) is 11.0. The zero-order valence-electron chi connectivity index (χ0n) is 15.3. The predicted octanol–water partition coefficient (Wildman–Crippen LogP) is 7.70. The van der Waals surface area contributed by atoms with Crippen molar-refractivity contribution < 1.29 is 0 Å². The Kier molecular flexibility index (Phi) is 8.97. The predicted molar refractivity (Wildman–Crippen MR) is 110 cm³/mol. The fourth-order valence-electron chi connectivity index (χ4n) is 3.37. The number of nitrogens with zero attached hydrogens (tertiary/aromatic N) is 2. The average molecular weight is 365 g/mol. The van der Waals surface area contributed by atoms with Gasteiger partial charge in [0.1, 0.15) is 4.64 Å². The quantitative estimate of drug-likeness (QED) is 0.283. The molecular weight excluding hydrogens is 332 g/mol. The number of unbranched alkanes of at least 4 members (excludes halogenated alkanes) is 7. The van der Waals surface area contributed by atoms with Gasteiger partial charge in [-0.2, -0.15) is 0 Å². The van der Waals surface area contributed by atoms with Crippen molar-refractivity contribution in [1.29, 1.82) is 0 Å². The van der Waals surface area contributed by atoms with E-state index in [4.69, 9.17) is 12.2 Å². The van der Waals surface area contributed by atoms with Gasteiger partial charge in [-0.15, -0.1) is 11.3 Å². The first kappa shape index (κ1) is 19.6. The molecule has 0 saturated heterocycles. The largest absolute Gasteiger partial charge is 0.335 e. The van der Waals surface area contributed by atoms with Crippen molar-refractivity contribution >= 4 is 33.8 Å². The fraction of sp³-hybridized carbons (Fsp3) is 0.700. The molecule has 0 aliphatic carbocycles. The normalized spacial score (nSPS) is 12.8. The lowest BCUT2D eigenvalue weighted by atomic mass is 10.0. The molecule has 1 atom stereocenters. The summed E-state index contributed by atoms with van der Waals surface area (Å²) in [7, 11) is 0. The van der Waals surface area contributed by atoms with Gasteiger partial charge in [0.2, 0.25) is 0 Å². The summed E-state index contributed by atoms with van der Waals surface area (Å²) in [6.45, 7) is 4.55. The van der Waals surface area contributed by atoms with E-state index in [-0.39, 0.29) is 0 Å². The van der Waals surface area contributed by atoms with Crippen molar-refractivity contribution in [1.82, 2.24) is 9.55 Å². The Morgan fingerprint density at radius 2 is 1.62 bits per heavy atom. The third-order valence-corrected chi connectivity index (χ3v) is 6.24. The molecule has 24 heavy (non-hydrogen) atoms. The maximum absolute atomic E-state index is 5.78. The van der Waals surface area contributed by atoms with Crippen LogP contribution in [0.3, 0.4) is 0 Å². The van der Waals surface area contributed by atoms with Gasteiger partial charge in [0.05, 0.1) is 15.7 Å². The highest BCUT2D eigenvalue weighted by Crippen LogP contribution is 2.27. The molecule has 0 bridgehead atoms. The zero-order valence-corrected chi connectivity index (χ0v) is 16.9. The van der Waals surface area contributed by atoms with Crippen LogP contribution in [0, 0.1) is 4.64 Å². The summed E-state index contributed by atoms with van der Waals surface area (Å²) in [4.78, 5) is 4.40. The van der Waals surface area contributed by atoms with Crippen LogP contribution in [0.2, 0.25) is 0 Å². The average Bonchev–Trinajstić information content (AvgIpc) is 3.07. The van der Waals surface area contributed by atoms with E-state index in [1.165, 1.54) is 75.3 Å². The summed E-state index contributed by atoms with van der Waals surface area (Å²) >= 11 is 7.46. The minimum atomic E-state index is 0.558. The minimum Gasteiger partial charge on any atom is -0.335 e. The van der Waals surface area contributed by atoms with Crippen LogP contribution in [0.25, 0.3) is 10.2 Å². The van der Waals surface area contributed by atoms with Gasteiger partial charge in [0.15, 0.2) is 0 Å². The Balaban J connectivity index is 2.04. The Hall–Kier alpha value is -0.740. The van der Waals surface area contributed by atoms with Gasteiger partial charge < -0.3 is 4.57 Å². The van der Waals surface area contributed by atoms with E-state index in [2.05, 4.69) is 35.7 Å². The molecule has 2 rings (SSSR count). The van der Waals surface area contributed by atoms with Crippen LogP contribution in [-0.4, -0.2) is 9.55 Å². The van der Waals surface area contributed by atoms with Crippen LogP contribution in [0.4, 0.5) is 0 Å². The van der Waals surface area contributed by atoms with Gasteiger partial charge >= 0.3 is 0 Å². The van der Waals surface area contributed by atoms with Crippen molar-refractivity contribution in [3.63, 3.8) is 0 Å². The number of hydrogen-bond acceptors (Lipinski definition) is 3. The van der Waals surface area contributed by atoms with Gasteiger partial charge in [-0.05, 0) is 18.9 Å². The standard InChI is InChI=1S/C20H32N2S2/c1-3-5-7-9-11-13-17(12-10-8-6-4-2)22-15-14-18-19(20(22)23)24-16-21-18/h14-17H,3-13H2,1-2H3. The maximum atomic E-state index is 5.78. The van der Waals surface area contributed by atoms with Crippen LogP contribution in [0.15, 0.2) is 17.8 Å². The Bertz CT molecular complexity index is 644. The molecule has 0 aliphatic rings. The monoisotopic (exact) mass is 364 g/mol. The number of thiazole rings is 1. The summed E-state index contributed by atoms with van der Waals surface area (Å²) in [5.74, 6) is 0. The third kappa shape index (κ3) is 5.66. The molecule has 0 radical (unpaired) electrons. The summed E-state index contributed by atoms with van der Waals surface area (Å²) in [6, 6.07) is 2.69. The molecule has 0 spiro atoms. The lowest BCUT2D eigenvalue weighted by Crippen LogP contribution is -2.10. The Morgan fingerprint density at radius 3 is 2.29 bits per heavy atom. The van der Waals surface area contributed by atoms with Gasteiger partial charge in [-0.1, -0.05) is 83.9 Å². The van der Waals surface area contributed by atoms with Crippen LogP contribution in [0.5, 0.6) is 0 Å². The van der Waals surface area contributed by atoms with Crippen molar-refractivity contribution in [3.05, 3.63) is 22.4 Å². The highest BCUT2D eigenvalue weighted by molar-refractivity contribution is 7.71. The molecule has 2 aromatic heterocycles. The van der Waals surface area contributed by atoms with Gasteiger partial charge in [-0.3, -0.25) is 0 Å². The number of rotatable bonds is 12. The molecule has 4 heteroatoms. The summed E-state index contributed by atoms with van der Waals surface area (Å²) in [6.07, 6.45) is 16.7. The number of hydrogen-bond donors (Lipinski definition) is 0. The number of pyridine rings is 1. The minimum absolute atomic E-state index is 0.558. The lowest BCUT2D eigenvalue weighted by molar-refractivity contribution is 0.393. The van der Waals surface area contributed by atoms with E-state index in [1.54, 1.807) is 11.3 Å². The smallest absolute Gasteiger partial charge is 0.125 e. The second-order valence-corrected chi connectivity index (χ2v) is 8.04. The summed E-state index contributed by atoms with van der Waals surface area (Å²) in [5, 5.41) is 0. The molecule has 1 unspecified atom stereocenters. The first-order valence-corrected chi connectivity index (χ1v) is 11.0. The van der Waals surface area contributed by atoms with E-state index >= 15 is 0 Å². The topological polar surface area (TPSA) is 17.8 Å². The van der Waals surface area contributed by atoms with E-state index in [0.29, 0.717) is 6.04 Å². The first-order valence-electron chi connectivity index (χ1n) is 9.72. The van der Waals surface area contributed by atoms with Crippen LogP contribution in [-0.2, 0) is 0 Å². The van der Waals surface area contributed by atoms with E-state index < -0.39 is 0 Å². The highest BCUT2D eigenvalue weighted by Gasteiger charge is 2.13. The van der Waals surface area contributed by atoms with Crippen molar-refractivity contribution in [2.75, 3.05) is 0 Å². The van der Waals surface area contributed by atoms with E-state index in [9.17, 15) is 0 Å². The van der Waals surface area contributed by atoms with Crippen molar-refractivity contribution in [2.45, 2.75) is 90.5 Å². The Labute approximate surface area is 156 Å². The first-order chi connectivity index (χ1) is 11.8. The van der Waals surface area contributed by atoms with Gasteiger partial charge in [-0.25, -0.2) is 4.98 Å². The molecule has 2 heterocycles. The molecule has 2 aromatic rings. The van der Waals surface area contributed by atoms with Gasteiger partial charge in [0, 0.05) is 12.2 Å². The molecule has 0 saturated carbocycles. The fourth-order valence-corrected chi connectivity index (χ4v) is 4.55. The third-order valence-electron chi connectivity index (χ3n) is 4.84. The van der Waals surface area contributed by atoms with E-state index in [0.717, 1.165) is 10.2 Å². The summed E-state index contributed by atoms with van der Waals surface area (Å²) in [5.41, 5.74) is 2.96. The molecule has 0 amide bonds. The molecule has 0 fully saturated rings. The van der Waals surface area contributed by atoms with Gasteiger partial charge in [0.25, 0.3) is 0 Å². The zero-order chi connectivity index (χ0) is 17.2. The van der Waals surface area contributed by atoms with Crippen LogP contribution >= 0.6 is 23.6 Å². The lowest BCUT2D eigenvalue weighted by Gasteiger charge is -2.21. The molecular formula is C20H32N2S2. The highest BCUT2D eigenvalue weighted by atomic mass is 32.1. The van der Waals surface area contributed by atoms with Crippen molar-refractivity contribution in [2.24, 2.45) is 0 Å². The molecule has 0 aliphatic heterocycles. The number of aromatic nitrogens is 2. The second-order valence-electron chi connectivity index (χ2n) is 6.80. The van der Waals surface area contributed by atoms with Crippen LogP contribution < -0.4 is 0 Å². The van der Waals surface area contributed by atoms with Crippen LogP contribution in [0.1, 0.15) is 90.5 Å². The maximum Gasteiger partial charge on any atom is 0.125 e.